The molecule has 0 bridgehead atoms. The van der Waals surface area contributed by atoms with Crippen molar-refractivity contribution in [3.8, 4) is 0 Å². The zero-order chi connectivity index (χ0) is 20.5. The van der Waals surface area contributed by atoms with Crippen molar-refractivity contribution in [2.75, 3.05) is 36.0 Å². The molecule has 0 unspecified atom stereocenters. The molecule has 6 heteroatoms. The number of aryl methyl sites for hydroxylation is 1. The van der Waals surface area contributed by atoms with E-state index < -0.39 is 0 Å². The summed E-state index contributed by atoms with van der Waals surface area (Å²) in [5, 5.41) is 0. The number of carbonyl (C=O) groups excluding carboxylic acids is 3. The third-order valence-corrected chi connectivity index (χ3v) is 5.81. The fraction of sp³-hybridized carbons (Fsp3) is 0.348. The monoisotopic (exact) mass is 391 g/mol. The highest BCUT2D eigenvalue weighted by Gasteiger charge is 2.43. The number of piperazine rings is 1. The van der Waals surface area contributed by atoms with Crippen molar-refractivity contribution in [1.29, 1.82) is 0 Å². The standard InChI is InChI=1S/C23H25N3O3/c1-16-3-7-20(8-4-16)26-22(28)15-21(23(26)29)25-13-11-24(12-14-25)19-9-5-18(6-10-19)17(2)27/h3-10,21H,11-15H2,1-2H3/t21-/m0/s1. The Morgan fingerprint density at radius 3 is 2.03 bits per heavy atom. The van der Waals surface area contributed by atoms with Crippen molar-refractivity contribution in [3.05, 3.63) is 59.7 Å². The van der Waals surface area contributed by atoms with Gasteiger partial charge in [-0.25, -0.2) is 4.90 Å². The maximum Gasteiger partial charge on any atom is 0.251 e. The van der Waals surface area contributed by atoms with Crippen LogP contribution in [0.4, 0.5) is 11.4 Å². The third kappa shape index (κ3) is 3.80. The average molecular weight is 391 g/mol. The lowest BCUT2D eigenvalue weighted by molar-refractivity contribution is -0.123. The summed E-state index contributed by atoms with van der Waals surface area (Å²) in [6, 6.07) is 14.7. The molecule has 1 atom stereocenters. The van der Waals surface area contributed by atoms with Crippen molar-refractivity contribution in [3.63, 3.8) is 0 Å². The molecule has 0 aromatic heterocycles. The van der Waals surface area contributed by atoms with Gasteiger partial charge in [0.1, 0.15) is 0 Å². The van der Waals surface area contributed by atoms with Gasteiger partial charge in [-0.05, 0) is 50.2 Å². The van der Waals surface area contributed by atoms with E-state index in [4.69, 9.17) is 0 Å². The number of hydrogen-bond donors (Lipinski definition) is 0. The van der Waals surface area contributed by atoms with E-state index in [9.17, 15) is 14.4 Å². The van der Waals surface area contributed by atoms with Crippen LogP contribution in [0.2, 0.25) is 0 Å². The van der Waals surface area contributed by atoms with E-state index in [-0.39, 0.29) is 30.1 Å². The number of amides is 2. The van der Waals surface area contributed by atoms with E-state index >= 15 is 0 Å². The number of carbonyl (C=O) groups is 3. The molecule has 6 nitrogen and oxygen atoms in total. The molecule has 2 aliphatic heterocycles. The van der Waals surface area contributed by atoms with Gasteiger partial charge in [0.2, 0.25) is 5.91 Å². The van der Waals surface area contributed by atoms with Gasteiger partial charge in [-0.1, -0.05) is 17.7 Å². The molecule has 2 aromatic carbocycles. The number of anilines is 2. The Balaban J connectivity index is 1.41. The highest BCUT2D eigenvalue weighted by atomic mass is 16.2. The van der Waals surface area contributed by atoms with Gasteiger partial charge in [0.25, 0.3) is 5.91 Å². The van der Waals surface area contributed by atoms with Crippen LogP contribution < -0.4 is 9.80 Å². The lowest BCUT2D eigenvalue weighted by atomic mass is 10.1. The summed E-state index contributed by atoms with van der Waals surface area (Å²) < 4.78 is 0. The van der Waals surface area contributed by atoms with Crippen LogP contribution in [0, 0.1) is 6.92 Å². The van der Waals surface area contributed by atoms with Crippen LogP contribution in [0.5, 0.6) is 0 Å². The van der Waals surface area contributed by atoms with Crippen LogP contribution in [0.1, 0.15) is 29.3 Å². The summed E-state index contributed by atoms with van der Waals surface area (Å²) in [6.07, 6.45) is 0.236. The van der Waals surface area contributed by atoms with E-state index in [1.54, 1.807) is 6.92 Å². The van der Waals surface area contributed by atoms with Gasteiger partial charge in [-0.2, -0.15) is 0 Å². The van der Waals surface area contributed by atoms with Crippen molar-refractivity contribution in [2.45, 2.75) is 26.3 Å². The zero-order valence-corrected chi connectivity index (χ0v) is 16.8. The first-order valence-corrected chi connectivity index (χ1v) is 9.97. The number of ketones is 1. The predicted octanol–water partition coefficient (Wildman–Crippen LogP) is 2.65. The molecular weight excluding hydrogens is 366 g/mol. The summed E-state index contributed by atoms with van der Waals surface area (Å²) in [5.74, 6) is -0.201. The Labute approximate surface area is 170 Å². The predicted molar refractivity (Wildman–Crippen MR) is 112 cm³/mol. The molecule has 150 valence electrons. The van der Waals surface area contributed by atoms with Gasteiger partial charge in [-0.3, -0.25) is 19.3 Å². The number of benzene rings is 2. The number of rotatable bonds is 4. The smallest absolute Gasteiger partial charge is 0.251 e. The molecule has 2 amide bonds. The van der Waals surface area contributed by atoms with Crippen LogP contribution in [0.25, 0.3) is 0 Å². The molecule has 4 rings (SSSR count). The highest BCUT2D eigenvalue weighted by Crippen LogP contribution is 2.27. The minimum atomic E-state index is -0.383. The van der Waals surface area contributed by atoms with Gasteiger partial charge in [0.15, 0.2) is 5.78 Å². The molecule has 0 aliphatic carbocycles. The molecule has 2 fully saturated rings. The molecule has 2 heterocycles. The second kappa shape index (κ2) is 7.79. The Hall–Kier alpha value is -2.99. The number of Topliss-reactive ketones (excluding diaryl/α,β-unsaturated/α-hetero) is 1. The van der Waals surface area contributed by atoms with E-state index in [0.717, 1.165) is 37.4 Å². The molecule has 2 saturated heterocycles. The molecule has 2 aromatic rings. The lowest BCUT2D eigenvalue weighted by Gasteiger charge is -2.38. The van der Waals surface area contributed by atoms with E-state index in [1.165, 1.54) is 4.90 Å². The van der Waals surface area contributed by atoms with Gasteiger partial charge < -0.3 is 4.90 Å². The van der Waals surface area contributed by atoms with Crippen molar-refractivity contribution in [1.82, 2.24) is 4.90 Å². The number of imide groups is 1. The topological polar surface area (TPSA) is 60.9 Å². The first kappa shape index (κ1) is 19.3. The van der Waals surface area contributed by atoms with E-state index in [2.05, 4.69) is 9.80 Å². The van der Waals surface area contributed by atoms with Crippen LogP contribution in [-0.4, -0.2) is 54.7 Å². The first-order chi connectivity index (χ1) is 13.9. The molecule has 0 N–H and O–H groups in total. The number of hydrogen-bond acceptors (Lipinski definition) is 5. The Kier molecular flexibility index (Phi) is 5.20. The van der Waals surface area contributed by atoms with Gasteiger partial charge in [0, 0.05) is 37.4 Å². The minimum Gasteiger partial charge on any atom is -0.369 e. The van der Waals surface area contributed by atoms with Crippen LogP contribution >= 0.6 is 0 Å². The third-order valence-electron chi connectivity index (χ3n) is 5.81. The van der Waals surface area contributed by atoms with Gasteiger partial charge in [-0.15, -0.1) is 0 Å². The second-order valence-corrected chi connectivity index (χ2v) is 7.75. The van der Waals surface area contributed by atoms with Gasteiger partial charge >= 0.3 is 0 Å². The van der Waals surface area contributed by atoms with E-state index in [0.29, 0.717) is 11.3 Å². The van der Waals surface area contributed by atoms with Crippen molar-refractivity contribution >= 4 is 29.0 Å². The van der Waals surface area contributed by atoms with E-state index in [1.807, 2.05) is 55.5 Å². The highest BCUT2D eigenvalue weighted by molar-refractivity contribution is 6.22. The van der Waals surface area contributed by atoms with Gasteiger partial charge in [0.05, 0.1) is 18.2 Å². The fourth-order valence-electron chi connectivity index (χ4n) is 4.07. The second-order valence-electron chi connectivity index (χ2n) is 7.75. The molecule has 0 radical (unpaired) electrons. The Bertz CT molecular complexity index is 929. The quantitative estimate of drug-likeness (QED) is 0.592. The molecule has 0 saturated carbocycles. The Morgan fingerprint density at radius 1 is 0.862 bits per heavy atom. The van der Waals surface area contributed by atoms with Crippen LogP contribution in [0.3, 0.4) is 0 Å². The number of nitrogens with zero attached hydrogens (tertiary/aromatic N) is 3. The maximum absolute atomic E-state index is 13.0. The summed E-state index contributed by atoms with van der Waals surface area (Å²) in [5.41, 5.74) is 3.53. The maximum atomic E-state index is 13.0. The zero-order valence-electron chi connectivity index (χ0n) is 16.8. The first-order valence-electron chi connectivity index (χ1n) is 9.97. The SMILES string of the molecule is CC(=O)c1ccc(N2CCN([C@H]3CC(=O)N(c4ccc(C)cc4)C3=O)CC2)cc1. The molecule has 0 spiro atoms. The summed E-state index contributed by atoms with van der Waals surface area (Å²) in [6.45, 7) is 6.55. The Morgan fingerprint density at radius 2 is 1.45 bits per heavy atom. The molecule has 29 heavy (non-hydrogen) atoms. The summed E-state index contributed by atoms with van der Waals surface area (Å²) in [4.78, 5) is 42.6. The lowest BCUT2D eigenvalue weighted by Crippen LogP contribution is -2.52. The summed E-state index contributed by atoms with van der Waals surface area (Å²) >= 11 is 0. The minimum absolute atomic E-state index is 0.0592. The van der Waals surface area contributed by atoms with Crippen molar-refractivity contribution < 1.29 is 14.4 Å². The largest absolute Gasteiger partial charge is 0.369 e. The summed E-state index contributed by atoms with van der Waals surface area (Å²) in [7, 11) is 0. The molecular formula is C23H25N3O3. The normalized spacial score (nSPS) is 20.4. The van der Waals surface area contributed by atoms with Crippen molar-refractivity contribution in [2.24, 2.45) is 0 Å². The van der Waals surface area contributed by atoms with Crippen LogP contribution in [-0.2, 0) is 9.59 Å². The average Bonchev–Trinajstić information content (AvgIpc) is 3.03. The fourth-order valence-corrected chi connectivity index (χ4v) is 4.07. The molecule has 2 aliphatic rings. The van der Waals surface area contributed by atoms with Crippen LogP contribution in [0.15, 0.2) is 48.5 Å².